The Labute approximate surface area is 127 Å². The van der Waals surface area contributed by atoms with Gasteiger partial charge in [0.2, 0.25) is 0 Å². The van der Waals surface area contributed by atoms with Crippen LogP contribution in [0.4, 0.5) is 0 Å². The van der Waals surface area contributed by atoms with Crippen LogP contribution in [-0.2, 0) is 12.8 Å². The van der Waals surface area contributed by atoms with E-state index in [1.54, 1.807) is 7.11 Å². The summed E-state index contributed by atoms with van der Waals surface area (Å²) in [6.45, 7) is 2.27. The van der Waals surface area contributed by atoms with Crippen molar-refractivity contribution in [1.29, 1.82) is 0 Å². The smallest absolute Gasteiger partial charge is 0.119 e. The Morgan fingerprint density at radius 3 is 2.76 bits per heavy atom. The summed E-state index contributed by atoms with van der Waals surface area (Å²) in [4.78, 5) is 0. The molecule has 0 aromatic heterocycles. The quantitative estimate of drug-likeness (QED) is 0.897. The van der Waals surface area contributed by atoms with E-state index in [4.69, 9.17) is 4.74 Å². The van der Waals surface area contributed by atoms with Crippen LogP contribution in [0, 0.1) is 0 Å². The molecular weight excluding hydrogens is 258 g/mol. The van der Waals surface area contributed by atoms with Gasteiger partial charge in [-0.3, -0.25) is 0 Å². The maximum absolute atomic E-state index is 5.36. The summed E-state index contributed by atoms with van der Waals surface area (Å²) in [5, 5.41) is 3.78. The van der Waals surface area contributed by atoms with Gasteiger partial charge in [-0.05, 0) is 55.0 Å². The highest BCUT2D eigenvalue weighted by molar-refractivity contribution is 5.40. The Balaban J connectivity index is 1.67. The van der Waals surface area contributed by atoms with E-state index >= 15 is 0 Å². The molecular formula is C19H23NO. The fourth-order valence-electron chi connectivity index (χ4n) is 3.25. The number of methoxy groups -OCH3 is 1. The van der Waals surface area contributed by atoms with Crippen LogP contribution in [0.25, 0.3) is 0 Å². The van der Waals surface area contributed by atoms with Gasteiger partial charge in [-0.15, -0.1) is 0 Å². The lowest BCUT2D eigenvalue weighted by Gasteiger charge is -2.21. The molecule has 2 heteroatoms. The number of rotatable bonds is 5. The van der Waals surface area contributed by atoms with Gasteiger partial charge in [0, 0.05) is 12.1 Å². The molecule has 0 aliphatic heterocycles. The fraction of sp³-hybridized carbons (Fsp3) is 0.368. The molecule has 2 unspecified atom stereocenters. The Hall–Kier alpha value is -1.80. The van der Waals surface area contributed by atoms with E-state index < -0.39 is 0 Å². The van der Waals surface area contributed by atoms with Crippen LogP contribution in [0.15, 0.2) is 48.5 Å². The Kier molecular flexibility index (Phi) is 4.26. The summed E-state index contributed by atoms with van der Waals surface area (Å²) in [7, 11) is 1.73. The molecule has 0 spiro atoms. The zero-order valence-corrected chi connectivity index (χ0v) is 12.8. The summed E-state index contributed by atoms with van der Waals surface area (Å²) < 4.78 is 5.36. The lowest BCUT2D eigenvalue weighted by Crippen LogP contribution is -2.31. The fourth-order valence-corrected chi connectivity index (χ4v) is 3.25. The van der Waals surface area contributed by atoms with Crippen LogP contribution in [0.3, 0.4) is 0 Å². The minimum absolute atomic E-state index is 0.453. The molecule has 2 aromatic carbocycles. The predicted octanol–water partition coefficient (Wildman–Crippen LogP) is 3.90. The van der Waals surface area contributed by atoms with Gasteiger partial charge in [0.1, 0.15) is 5.75 Å². The molecule has 1 N–H and O–H groups in total. The van der Waals surface area contributed by atoms with Crippen molar-refractivity contribution in [3.8, 4) is 5.75 Å². The van der Waals surface area contributed by atoms with Crippen LogP contribution < -0.4 is 10.1 Å². The molecule has 3 rings (SSSR count). The first-order valence-electron chi connectivity index (χ1n) is 7.73. The molecule has 21 heavy (non-hydrogen) atoms. The summed E-state index contributed by atoms with van der Waals surface area (Å²) in [5.74, 6) is 0.957. The topological polar surface area (TPSA) is 21.3 Å². The summed E-state index contributed by atoms with van der Waals surface area (Å²) in [6.07, 6.45) is 3.41. The van der Waals surface area contributed by atoms with Crippen molar-refractivity contribution in [1.82, 2.24) is 5.32 Å². The van der Waals surface area contributed by atoms with Crippen LogP contribution in [0.2, 0.25) is 0 Å². The van der Waals surface area contributed by atoms with E-state index in [0.29, 0.717) is 12.1 Å². The molecule has 2 aromatic rings. The van der Waals surface area contributed by atoms with Gasteiger partial charge < -0.3 is 10.1 Å². The number of hydrogen-bond donors (Lipinski definition) is 1. The number of benzene rings is 2. The van der Waals surface area contributed by atoms with Gasteiger partial charge in [-0.25, -0.2) is 0 Å². The third-order valence-electron chi connectivity index (χ3n) is 4.30. The lowest BCUT2D eigenvalue weighted by atomic mass is 10.0. The highest BCUT2D eigenvalue weighted by atomic mass is 16.5. The summed E-state index contributed by atoms with van der Waals surface area (Å²) >= 11 is 0. The molecule has 2 atom stereocenters. The molecule has 0 heterocycles. The lowest BCUT2D eigenvalue weighted by molar-refractivity contribution is 0.411. The van der Waals surface area contributed by atoms with Gasteiger partial charge in [-0.2, -0.15) is 0 Å². The van der Waals surface area contributed by atoms with Gasteiger partial charge in [0.25, 0.3) is 0 Å². The third-order valence-corrected chi connectivity index (χ3v) is 4.30. The predicted molar refractivity (Wildman–Crippen MR) is 86.8 cm³/mol. The highest BCUT2D eigenvalue weighted by Gasteiger charge is 2.24. The Morgan fingerprint density at radius 1 is 1.19 bits per heavy atom. The number of nitrogens with one attached hydrogen (secondary N) is 1. The number of aryl methyl sites for hydroxylation is 1. The van der Waals surface area contributed by atoms with Crippen molar-refractivity contribution in [3.05, 3.63) is 65.2 Å². The first kappa shape index (κ1) is 14.2. The molecule has 1 aliphatic rings. The average Bonchev–Trinajstić information content (AvgIpc) is 2.90. The molecule has 110 valence electrons. The van der Waals surface area contributed by atoms with Crippen molar-refractivity contribution in [2.45, 2.75) is 38.3 Å². The largest absolute Gasteiger partial charge is 0.497 e. The Bertz CT molecular complexity index is 594. The van der Waals surface area contributed by atoms with Crippen molar-refractivity contribution >= 4 is 0 Å². The van der Waals surface area contributed by atoms with Crippen molar-refractivity contribution < 1.29 is 4.74 Å². The van der Waals surface area contributed by atoms with Gasteiger partial charge in [0.15, 0.2) is 0 Å². The normalized spacial score (nSPS) is 18.3. The van der Waals surface area contributed by atoms with E-state index in [9.17, 15) is 0 Å². The first-order chi connectivity index (χ1) is 10.3. The summed E-state index contributed by atoms with van der Waals surface area (Å²) in [5.41, 5.74) is 4.26. The van der Waals surface area contributed by atoms with E-state index in [0.717, 1.165) is 18.6 Å². The van der Waals surface area contributed by atoms with Crippen molar-refractivity contribution in [3.63, 3.8) is 0 Å². The Morgan fingerprint density at radius 2 is 2.00 bits per heavy atom. The monoisotopic (exact) mass is 281 g/mol. The van der Waals surface area contributed by atoms with Crippen LogP contribution in [0.5, 0.6) is 5.75 Å². The zero-order chi connectivity index (χ0) is 14.7. The van der Waals surface area contributed by atoms with Crippen LogP contribution in [-0.4, -0.2) is 13.2 Å². The van der Waals surface area contributed by atoms with E-state index in [1.807, 2.05) is 0 Å². The minimum Gasteiger partial charge on any atom is -0.497 e. The van der Waals surface area contributed by atoms with Gasteiger partial charge in [-0.1, -0.05) is 36.4 Å². The minimum atomic E-state index is 0.453. The maximum Gasteiger partial charge on any atom is 0.119 e. The number of hydrogen-bond acceptors (Lipinski definition) is 2. The highest BCUT2D eigenvalue weighted by Crippen LogP contribution is 2.34. The number of ether oxygens (including phenoxy) is 1. The number of fused-ring (bicyclic) bond motifs is 1. The SMILES string of the molecule is COc1ccc2c(c1)C(NC(C)Cc1ccccc1)CC2. The zero-order valence-electron chi connectivity index (χ0n) is 12.8. The van der Waals surface area contributed by atoms with Crippen LogP contribution >= 0.6 is 0 Å². The molecule has 0 bridgehead atoms. The van der Waals surface area contributed by atoms with E-state index in [-0.39, 0.29) is 0 Å². The molecule has 0 saturated carbocycles. The van der Waals surface area contributed by atoms with Gasteiger partial charge >= 0.3 is 0 Å². The molecule has 0 radical (unpaired) electrons. The maximum atomic E-state index is 5.36. The second-order valence-corrected chi connectivity index (χ2v) is 5.91. The summed E-state index contributed by atoms with van der Waals surface area (Å²) in [6, 6.07) is 18.1. The second-order valence-electron chi connectivity index (χ2n) is 5.91. The van der Waals surface area contributed by atoms with Crippen LogP contribution in [0.1, 0.15) is 36.1 Å². The van der Waals surface area contributed by atoms with E-state index in [2.05, 4.69) is 60.8 Å². The van der Waals surface area contributed by atoms with Crippen molar-refractivity contribution in [2.24, 2.45) is 0 Å². The first-order valence-corrected chi connectivity index (χ1v) is 7.73. The second kappa shape index (κ2) is 6.31. The van der Waals surface area contributed by atoms with Gasteiger partial charge in [0.05, 0.1) is 7.11 Å². The average molecular weight is 281 g/mol. The van der Waals surface area contributed by atoms with E-state index in [1.165, 1.54) is 23.1 Å². The molecule has 0 amide bonds. The molecule has 2 nitrogen and oxygen atoms in total. The standard InChI is InChI=1S/C19H23NO/c1-14(12-15-6-4-3-5-7-15)20-19-11-9-16-8-10-17(21-2)13-18(16)19/h3-8,10,13-14,19-20H,9,11-12H2,1-2H3. The van der Waals surface area contributed by atoms with Crippen molar-refractivity contribution in [2.75, 3.05) is 7.11 Å². The molecule has 1 aliphatic carbocycles. The third kappa shape index (κ3) is 3.27. The molecule has 0 fully saturated rings. The molecule has 0 saturated heterocycles.